The van der Waals surface area contributed by atoms with Crippen LogP contribution in [0.3, 0.4) is 0 Å². The first-order chi connectivity index (χ1) is 11.4. The van der Waals surface area contributed by atoms with Crippen LogP contribution in [0.1, 0.15) is 23.2 Å². The molecular weight excluding hydrogens is 341 g/mol. The van der Waals surface area contributed by atoms with Crippen molar-refractivity contribution >= 4 is 28.3 Å². The second-order valence-corrected chi connectivity index (χ2v) is 6.84. The fraction of sp³-hybridized carbons (Fsp3) is 0.188. The summed E-state index contributed by atoms with van der Waals surface area (Å²) in [7, 11) is -1.40. The standard InChI is InChI=1S/C16H13F3N2O2S/c17-12-6-2-10(8-14(12)19)20-16(22)9-1-5-13(18)15(7-9)21-24(23)11-3-4-11/h1-2,5-8,11,21H,3-4H2,(H,20,22). The molecule has 1 unspecified atom stereocenters. The molecule has 1 saturated carbocycles. The van der Waals surface area contributed by atoms with Gasteiger partial charge in [-0.05, 0) is 43.2 Å². The molecule has 2 aromatic rings. The Morgan fingerprint density at radius 3 is 2.38 bits per heavy atom. The lowest BCUT2D eigenvalue weighted by atomic mass is 10.1. The van der Waals surface area contributed by atoms with Crippen molar-refractivity contribution in [3.05, 3.63) is 59.4 Å². The fourth-order valence-corrected chi connectivity index (χ4v) is 3.10. The van der Waals surface area contributed by atoms with E-state index in [0.29, 0.717) is 0 Å². The summed E-state index contributed by atoms with van der Waals surface area (Å²) in [5, 5.41) is 2.39. The third kappa shape index (κ3) is 3.76. The van der Waals surface area contributed by atoms with Crippen molar-refractivity contribution in [2.45, 2.75) is 18.1 Å². The Morgan fingerprint density at radius 2 is 1.71 bits per heavy atom. The van der Waals surface area contributed by atoms with Crippen LogP contribution in [0, 0.1) is 17.5 Å². The molecule has 2 aromatic carbocycles. The van der Waals surface area contributed by atoms with Crippen molar-refractivity contribution in [3.63, 3.8) is 0 Å². The van der Waals surface area contributed by atoms with Crippen LogP contribution in [0.15, 0.2) is 36.4 Å². The molecule has 1 atom stereocenters. The molecule has 24 heavy (non-hydrogen) atoms. The highest BCUT2D eigenvalue weighted by molar-refractivity contribution is 7.87. The van der Waals surface area contributed by atoms with Gasteiger partial charge < -0.3 is 10.0 Å². The minimum absolute atomic E-state index is 0.00377. The first-order valence-corrected chi connectivity index (χ1v) is 8.38. The van der Waals surface area contributed by atoms with Crippen LogP contribution in [-0.2, 0) is 11.0 Å². The molecule has 0 heterocycles. The number of carbonyl (C=O) groups is 1. The van der Waals surface area contributed by atoms with Gasteiger partial charge in [0.15, 0.2) is 11.6 Å². The van der Waals surface area contributed by atoms with Crippen molar-refractivity contribution in [2.75, 3.05) is 10.0 Å². The minimum Gasteiger partial charge on any atom is -0.322 e. The third-order valence-electron chi connectivity index (χ3n) is 3.44. The number of benzene rings is 2. The number of hydrogen-bond acceptors (Lipinski definition) is 2. The highest BCUT2D eigenvalue weighted by atomic mass is 32.2. The molecule has 1 aliphatic carbocycles. The largest absolute Gasteiger partial charge is 0.322 e. The topological polar surface area (TPSA) is 58.2 Å². The number of hydrogen-bond donors (Lipinski definition) is 2. The van der Waals surface area contributed by atoms with E-state index in [1.807, 2.05) is 0 Å². The van der Waals surface area contributed by atoms with E-state index < -0.39 is 34.3 Å². The van der Waals surface area contributed by atoms with Crippen LogP contribution in [-0.4, -0.2) is 15.4 Å². The molecule has 126 valence electrons. The normalized spacial score (nSPS) is 15.0. The van der Waals surface area contributed by atoms with E-state index in [4.69, 9.17) is 0 Å². The Labute approximate surface area is 138 Å². The maximum atomic E-state index is 13.8. The second-order valence-electron chi connectivity index (χ2n) is 5.38. The average Bonchev–Trinajstić information content (AvgIpc) is 3.38. The van der Waals surface area contributed by atoms with E-state index in [0.717, 1.165) is 31.0 Å². The van der Waals surface area contributed by atoms with Gasteiger partial charge in [-0.1, -0.05) is 0 Å². The third-order valence-corrected chi connectivity index (χ3v) is 4.94. The van der Waals surface area contributed by atoms with Crippen molar-refractivity contribution in [2.24, 2.45) is 0 Å². The van der Waals surface area contributed by atoms with E-state index in [-0.39, 0.29) is 22.2 Å². The van der Waals surface area contributed by atoms with Gasteiger partial charge in [0.1, 0.15) is 16.8 Å². The molecule has 0 saturated heterocycles. The van der Waals surface area contributed by atoms with Crippen molar-refractivity contribution in [3.8, 4) is 0 Å². The zero-order valence-electron chi connectivity index (χ0n) is 12.3. The Kier molecular flexibility index (Phi) is 4.57. The number of anilines is 2. The highest BCUT2D eigenvalue weighted by Gasteiger charge is 2.29. The zero-order valence-corrected chi connectivity index (χ0v) is 13.1. The van der Waals surface area contributed by atoms with Crippen LogP contribution < -0.4 is 10.0 Å². The first kappa shape index (κ1) is 16.5. The van der Waals surface area contributed by atoms with Gasteiger partial charge in [0.2, 0.25) is 0 Å². The van der Waals surface area contributed by atoms with Crippen LogP contribution >= 0.6 is 0 Å². The van der Waals surface area contributed by atoms with Gasteiger partial charge in [-0.3, -0.25) is 4.79 Å². The van der Waals surface area contributed by atoms with Crippen molar-refractivity contribution in [1.82, 2.24) is 0 Å². The number of rotatable bonds is 5. The second kappa shape index (κ2) is 6.64. The Morgan fingerprint density at radius 1 is 1.00 bits per heavy atom. The molecule has 0 spiro atoms. The number of nitrogens with one attached hydrogen (secondary N) is 2. The van der Waals surface area contributed by atoms with Gasteiger partial charge in [-0.15, -0.1) is 0 Å². The lowest BCUT2D eigenvalue weighted by Gasteiger charge is -2.10. The summed E-state index contributed by atoms with van der Waals surface area (Å²) >= 11 is 0. The predicted octanol–water partition coefficient (Wildman–Crippen LogP) is 3.59. The predicted molar refractivity (Wildman–Crippen MR) is 85.5 cm³/mol. The van der Waals surface area contributed by atoms with E-state index in [2.05, 4.69) is 10.0 Å². The van der Waals surface area contributed by atoms with E-state index in [1.165, 1.54) is 18.2 Å². The summed E-state index contributed by atoms with van der Waals surface area (Å²) in [5.74, 6) is -3.37. The molecule has 0 bridgehead atoms. The summed E-state index contributed by atoms with van der Waals surface area (Å²) in [5.41, 5.74) is 0.119. The van der Waals surface area contributed by atoms with Crippen LogP contribution in [0.25, 0.3) is 0 Å². The minimum atomic E-state index is -1.40. The molecule has 4 nitrogen and oxygen atoms in total. The molecular formula is C16H13F3N2O2S. The molecule has 1 aliphatic rings. The molecule has 1 fully saturated rings. The molecule has 2 N–H and O–H groups in total. The van der Waals surface area contributed by atoms with Crippen molar-refractivity contribution in [1.29, 1.82) is 0 Å². The smallest absolute Gasteiger partial charge is 0.255 e. The fourth-order valence-electron chi connectivity index (χ4n) is 2.00. The lowest BCUT2D eigenvalue weighted by Crippen LogP contribution is -2.14. The molecule has 0 radical (unpaired) electrons. The monoisotopic (exact) mass is 354 g/mol. The molecule has 3 rings (SSSR count). The Hall–Kier alpha value is -2.35. The van der Waals surface area contributed by atoms with Crippen molar-refractivity contribution < 1.29 is 22.2 Å². The molecule has 1 amide bonds. The number of amides is 1. The lowest BCUT2D eigenvalue weighted by molar-refractivity contribution is 0.102. The maximum absolute atomic E-state index is 13.8. The van der Waals surface area contributed by atoms with Crippen LogP contribution in [0.4, 0.5) is 24.5 Å². The number of halogens is 3. The summed E-state index contributed by atoms with van der Waals surface area (Å²) in [4.78, 5) is 12.2. The Balaban J connectivity index is 1.76. The van der Waals surface area contributed by atoms with Gasteiger partial charge in [0, 0.05) is 17.3 Å². The first-order valence-electron chi connectivity index (χ1n) is 7.17. The average molecular weight is 354 g/mol. The van der Waals surface area contributed by atoms with Crippen LogP contribution in [0.2, 0.25) is 0 Å². The van der Waals surface area contributed by atoms with Gasteiger partial charge in [-0.2, -0.15) is 0 Å². The summed E-state index contributed by atoms with van der Waals surface area (Å²) in [6.07, 6.45) is 1.63. The van der Waals surface area contributed by atoms with Gasteiger partial charge in [0.05, 0.1) is 10.9 Å². The van der Waals surface area contributed by atoms with Gasteiger partial charge in [0.25, 0.3) is 5.91 Å². The maximum Gasteiger partial charge on any atom is 0.255 e. The van der Waals surface area contributed by atoms with E-state index in [9.17, 15) is 22.2 Å². The SMILES string of the molecule is O=C(Nc1ccc(F)c(F)c1)c1ccc(F)c(NS(=O)C2CC2)c1. The summed E-state index contributed by atoms with van der Waals surface area (Å²) in [6, 6.07) is 6.49. The van der Waals surface area contributed by atoms with Gasteiger partial charge >= 0.3 is 0 Å². The number of carbonyl (C=O) groups excluding carboxylic acids is 1. The quantitative estimate of drug-likeness (QED) is 0.862. The molecule has 0 aromatic heterocycles. The Bertz CT molecular complexity index is 825. The summed E-state index contributed by atoms with van der Waals surface area (Å²) in [6.45, 7) is 0. The zero-order chi connectivity index (χ0) is 17.3. The van der Waals surface area contributed by atoms with E-state index >= 15 is 0 Å². The molecule has 8 heteroatoms. The highest BCUT2D eigenvalue weighted by Crippen LogP contribution is 2.28. The van der Waals surface area contributed by atoms with Gasteiger partial charge in [-0.25, -0.2) is 17.4 Å². The summed E-state index contributed by atoms with van der Waals surface area (Å²) < 4.78 is 54.2. The van der Waals surface area contributed by atoms with E-state index in [1.54, 1.807) is 0 Å². The molecule has 0 aliphatic heterocycles. The van der Waals surface area contributed by atoms with Crippen LogP contribution in [0.5, 0.6) is 0 Å².